The number of fused-ring (bicyclic) bond motifs is 2. The lowest BCUT2D eigenvalue weighted by molar-refractivity contribution is 0.226. The van der Waals surface area contributed by atoms with Gasteiger partial charge in [-0.1, -0.05) is 0 Å². The molecule has 25 heavy (non-hydrogen) atoms. The molecule has 2 aromatic carbocycles. The van der Waals surface area contributed by atoms with Crippen LogP contribution in [0.2, 0.25) is 0 Å². The Kier molecular flexibility index (Phi) is 4.93. The molecule has 2 aliphatic rings. The summed E-state index contributed by atoms with van der Waals surface area (Å²) in [6.45, 7) is 1.01. The van der Waals surface area contributed by atoms with E-state index < -0.39 is 0 Å². The van der Waals surface area contributed by atoms with Crippen LogP contribution in [0.25, 0.3) is 11.1 Å². The highest BCUT2D eigenvalue weighted by Gasteiger charge is 2.36. The maximum absolute atomic E-state index is 10.9. The highest BCUT2D eigenvalue weighted by atomic mass is 79.9. The summed E-state index contributed by atoms with van der Waals surface area (Å²) in [4.78, 5) is 2.37. The highest BCUT2D eigenvalue weighted by Crippen LogP contribution is 2.53. The Labute approximate surface area is 162 Å². The second kappa shape index (κ2) is 6.71. The quantitative estimate of drug-likeness (QED) is 0.775. The summed E-state index contributed by atoms with van der Waals surface area (Å²) in [6, 6.07) is 6.40. The molecule has 6 heteroatoms. The number of methoxy groups -OCH3 is 2. The van der Waals surface area contributed by atoms with E-state index in [1.165, 1.54) is 16.7 Å². The molecular weight excluding hydrogens is 406 g/mol. The first-order valence-corrected chi connectivity index (χ1v) is 8.84. The van der Waals surface area contributed by atoms with Gasteiger partial charge in [0.2, 0.25) is 0 Å². The van der Waals surface area contributed by atoms with Crippen molar-refractivity contribution in [2.45, 2.75) is 18.9 Å². The lowest BCUT2D eigenvalue weighted by atomic mass is 9.76. The fourth-order valence-electron chi connectivity index (χ4n) is 4.02. The smallest absolute Gasteiger partial charge is 0.166 e. The number of rotatable bonds is 2. The van der Waals surface area contributed by atoms with Gasteiger partial charge in [0, 0.05) is 18.2 Å². The average Bonchev–Trinajstić information content (AvgIpc) is 2.58. The number of ether oxygens (including phenoxy) is 2. The standard InChI is InChI=1S/C19H20BrNO3.ClH/c1-21-5-4-10-8-16(24-3)19(22)18-12-9-15(23-2)13(20)6-11(12)7-14(21)17(10)18;/h6,8-9,14,22H,4-5,7H2,1-3H3;1H. The lowest BCUT2D eigenvalue weighted by Crippen LogP contribution is -2.35. The minimum Gasteiger partial charge on any atom is -0.504 e. The number of likely N-dealkylation sites (N-methyl/N-ethyl adjacent to an activating group) is 1. The van der Waals surface area contributed by atoms with E-state index in [1.807, 2.05) is 12.1 Å². The number of nitrogens with zero attached hydrogens (tertiary/aromatic N) is 1. The largest absolute Gasteiger partial charge is 0.504 e. The molecule has 0 saturated heterocycles. The molecule has 0 bridgehead atoms. The third-order valence-electron chi connectivity index (χ3n) is 5.27. The van der Waals surface area contributed by atoms with Gasteiger partial charge in [0.1, 0.15) is 5.75 Å². The minimum atomic E-state index is 0. The van der Waals surface area contributed by atoms with Crippen molar-refractivity contribution in [3.05, 3.63) is 39.4 Å². The van der Waals surface area contributed by atoms with Crippen LogP contribution in [0.15, 0.2) is 22.7 Å². The molecule has 1 atom stereocenters. The third kappa shape index (κ3) is 2.69. The molecule has 0 aromatic heterocycles. The first-order chi connectivity index (χ1) is 11.5. The lowest BCUT2D eigenvalue weighted by Gasteiger charge is -2.40. The van der Waals surface area contributed by atoms with Crippen LogP contribution < -0.4 is 9.47 Å². The Bertz CT molecular complexity index is 840. The van der Waals surface area contributed by atoms with Crippen molar-refractivity contribution in [1.29, 1.82) is 0 Å². The number of aromatic hydroxyl groups is 1. The van der Waals surface area contributed by atoms with Crippen molar-refractivity contribution in [1.82, 2.24) is 4.90 Å². The highest BCUT2D eigenvalue weighted by molar-refractivity contribution is 9.10. The first-order valence-electron chi connectivity index (χ1n) is 8.05. The van der Waals surface area contributed by atoms with Gasteiger partial charge < -0.3 is 14.6 Å². The van der Waals surface area contributed by atoms with Crippen molar-refractivity contribution >= 4 is 28.3 Å². The van der Waals surface area contributed by atoms with Gasteiger partial charge in [0.15, 0.2) is 11.5 Å². The summed E-state index contributed by atoms with van der Waals surface area (Å²) >= 11 is 3.58. The SMILES string of the molecule is COc1cc2c(cc1Br)CC1c3c(cc(OC)c(O)c3-2)CCN1C.Cl. The molecule has 4 rings (SSSR count). The zero-order chi connectivity index (χ0) is 17.0. The van der Waals surface area contributed by atoms with Crippen molar-refractivity contribution in [3.8, 4) is 28.4 Å². The van der Waals surface area contributed by atoms with E-state index in [0.29, 0.717) is 5.75 Å². The fourth-order valence-corrected chi connectivity index (χ4v) is 4.58. The predicted octanol–water partition coefficient (Wildman–Crippen LogP) is 4.35. The zero-order valence-corrected chi connectivity index (χ0v) is 16.8. The molecule has 0 saturated carbocycles. The van der Waals surface area contributed by atoms with Gasteiger partial charge in [0.05, 0.1) is 18.7 Å². The van der Waals surface area contributed by atoms with Gasteiger partial charge in [-0.05, 0) is 76.3 Å². The van der Waals surface area contributed by atoms with Gasteiger partial charge in [0.25, 0.3) is 0 Å². The molecule has 134 valence electrons. The molecule has 1 N–H and O–H groups in total. The Morgan fingerprint density at radius 3 is 2.52 bits per heavy atom. The monoisotopic (exact) mass is 425 g/mol. The summed E-state index contributed by atoms with van der Waals surface area (Å²) in [5.74, 6) is 1.54. The topological polar surface area (TPSA) is 41.9 Å². The molecule has 1 aliphatic carbocycles. The maximum atomic E-state index is 10.9. The summed E-state index contributed by atoms with van der Waals surface area (Å²) in [5.41, 5.74) is 5.65. The van der Waals surface area contributed by atoms with Crippen LogP contribution in [0.5, 0.6) is 17.2 Å². The Hall–Kier alpha value is -1.43. The number of hydrogen-bond donors (Lipinski definition) is 1. The van der Waals surface area contributed by atoms with Gasteiger partial charge in [-0.3, -0.25) is 4.90 Å². The molecular formula is C19H21BrClNO3. The van der Waals surface area contributed by atoms with Crippen LogP contribution in [-0.4, -0.2) is 37.8 Å². The van der Waals surface area contributed by atoms with Crippen LogP contribution >= 0.6 is 28.3 Å². The zero-order valence-electron chi connectivity index (χ0n) is 14.4. The fraction of sp³-hybridized carbons (Fsp3) is 0.368. The number of phenolic OH excluding ortho intramolecular Hbond substituents is 1. The molecule has 0 radical (unpaired) electrons. The van der Waals surface area contributed by atoms with Crippen molar-refractivity contribution in [2.75, 3.05) is 27.8 Å². The molecule has 1 aliphatic heterocycles. The Morgan fingerprint density at radius 1 is 1.12 bits per heavy atom. The second-order valence-electron chi connectivity index (χ2n) is 6.47. The van der Waals surface area contributed by atoms with Gasteiger partial charge in [-0.25, -0.2) is 0 Å². The van der Waals surface area contributed by atoms with Crippen LogP contribution in [0.1, 0.15) is 22.7 Å². The number of halogens is 2. The van der Waals surface area contributed by atoms with E-state index >= 15 is 0 Å². The van der Waals surface area contributed by atoms with Gasteiger partial charge in [-0.2, -0.15) is 0 Å². The summed E-state index contributed by atoms with van der Waals surface area (Å²) < 4.78 is 11.8. The summed E-state index contributed by atoms with van der Waals surface area (Å²) in [5, 5.41) is 10.9. The number of benzene rings is 2. The van der Waals surface area contributed by atoms with E-state index in [1.54, 1.807) is 14.2 Å². The molecule has 4 nitrogen and oxygen atoms in total. The van der Waals surface area contributed by atoms with Gasteiger partial charge in [-0.15, -0.1) is 12.4 Å². The predicted molar refractivity (Wildman–Crippen MR) is 104 cm³/mol. The van der Waals surface area contributed by atoms with E-state index in [-0.39, 0.29) is 24.2 Å². The normalized spacial score (nSPS) is 18.0. The second-order valence-corrected chi connectivity index (χ2v) is 7.32. The van der Waals surface area contributed by atoms with E-state index in [9.17, 15) is 5.11 Å². The summed E-state index contributed by atoms with van der Waals surface area (Å²) in [6.07, 6.45) is 1.90. The first kappa shape index (κ1) is 18.4. The average molecular weight is 427 g/mol. The van der Waals surface area contributed by atoms with Gasteiger partial charge >= 0.3 is 0 Å². The summed E-state index contributed by atoms with van der Waals surface area (Å²) in [7, 11) is 5.42. The van der Waals surface area contributed by atoms with E-state index in [4.69, 9.17) is 9.47 Å². The van der Waals surface area contributed by atoms with Crippen molar-refractivity contribution in [3.63, 3.8) is 0 Å². The van der Waals surface area contributed by atoms with Crippen molar-refractivity contribution in [2.24, 2.45) is 0 Å². The van der Waals surface area contributed by atoms with Crippen LogP contribution in [-0.2, 0) is 12.8 Å². The molecule has 1 unspecified atom stereocenters. The Balaban J connectivity index is 0.00000182. The molecule has 0 amide bonds. The molecule has 1 heterocycles. The Morgan fingerprint density at radius 2 is 1.84 bits per heavy atom. The van der Waals surface area contributed by atoms with E-state index in [2.05, 4.69) is 33.9 Å². The molecule has 2 aromatic rings. The third-order valence-corrected chi connectivity index (χ3v) is 5.89. The maximum Gasteiger partial charge on any atom is 0.166 e. The minimum absolute atomic E-state index is 0. The molecule has 0 fully saturated rings. The van der Waals surface area contributed by atoms with Crippen LogP contribution in [0.3, 0.4) is 0 Å². The number of hydrogen-bond acceptors (Lipinski definition) is 4. The van der Waals surface area contributed by atoms with Crippen LogP contribution in [0.4, 0.5) is 0 Å². The van der Waals surface area contributed by atoms with Crippen LogP contribution in [0, 0.1) is 0 Å². The number of phenols is 1. The molecule has 0 spiro atoms. The van der Waals surface area contributed by atoms with Crippen molar-refractivity contribution < 1.29 is 14.6 Å². The van der Waals surface area contributed by atoms with E-state index in [0.717, 1.165) is 40.7 Å².